The van der Waals surface area contributed by atoms with Gasteiger partial charge < -0.3 is 15.5 Å². The van der Waals surface area contributed by atoms with Gasteiger partial charge in [-0.3, -0.25) is 9.89 Å². The number of carbonyl (C=O) groups is 2. The molecule has 0 saturated heterocycles. The summed E-state index contributed by atoms with van der Waals surface area (Å²) in [6, 6.07) is 5.67. The third kappa shape index (κ3) is 2.84. The van der Waals surface area contributed by atoms with E-state index in [1.807, 2.05) is 32.0 Å². The van der Waals surface area contributed by atoms with Crippen molar-refractivity contribution in [2.24, 2.45) is 0 Å². The highest BCUT2D eigenvalue weighted by Gasteiger charge is 2.29. The number of aromatic nitrogens is 2. The first-order valence-electron chi connectivity index (χ1n) is 7.97. The lowest BCUT2D eigenvalue weighted by Crippen LogP contribution is -2.36. The monoisotopic (exact) mass is 327 g/mol. The Morgan fingerprint density at radius 2 is 2.12 bits per heavy atom. The van der Waals surface area contributed by atoms with Crippen LogP contribution >= 0.6 is 0 Å². The van der Waals surface area contributed by atoms with Crippen LogP contribution in [0.5, 0.6) is 0 Å². The molecule has 24 heavy (non-hydrogen) atoms. The minimum atomic E-state index is -0.123. The lowest BCUT2D eigenvalue weighted by atomic mass is 10.00. The predicted molar refractivity (Wildman–Crippen MR) is 91.4 cm³/mol. The molecule has 3 amide bonds. The van der Waals surface area contributed by atoms with Gasteiger partial charge in [0.1, 0.15) is 0 Å². The molecule has 0 fully saturated rings. The van der Waals surface area contributed by atoms with E-state index in [0.717, 1.165) is 33.8 Å². The van der Waals surface area contributed by atoms with Crippen molar-refractivity contribution in [3.05, 3.63) is 35.0 Å². The molecule has 7 heteroatoms. The molecule has 1 aromatic heterocycles. The van der Waals surface area contributed by atoms with E-state index in [1.165, 1.54) is 6.92 Å². The molecule has 2 aromatic rings. The Kier molecular flexibility index (Phi) is 4.24. The molecule has 3 rings (SSSR count). The minimum absolute atomic E-state index is 0.0895. The second kappa shape index (κ2) is 6.35. The summed E-state index contributed by atoms with van der Waals surface area (Å²) in [4.78, 5) is 25.3. The van der Waals surface area contributed by atoms with Gasteiger partial charge >= 0.3 is 6.03 Å². The van der Waals surface area contributed by atoms with Crippen LogP contribution in [0.3, 0.4) is 0 Å². The number of hydrogen-bond acceptors (Lipinski definition) is 3. The van der Waals surface area contributed by atoms with E-state index in [-0.39, 0.29) is 11.9 Å². The number of H-pyrrole nitrogens is 1. The normalized spacial score (nSPS) is 12.9. The highest BCUT2D eigenvalue weighted by Crippen LogP contribution is 2.36. The third-order valence-electron chi connectivity index (χ3n) is 4.09. The van der Waals surface area contributed by atoms with Crippen molar-refractivity contribution in [2.75, 3.05) is 11.9 Å². The quantitative estimate of drug-likeness (QED) is 0.808. The number of rotatable bonds is 3. The maximum absolute atomic E-state index is 12.1. The van der Waals surface area contributed by atoms with E-state index in [9.17, 15) is 9.59 Å². The number of urea groups is 1. The second-order valence-electron chi connectivity index (χ2n) is 5.89. The molecule has 0 bridgehead atoms. The molecule has 126 valence electrons. The third-order valence-corrected chi connectivity index (χ3v) is 4.09. The first-order chi connectivity index (χ1) is 11.5. The number of hydrogen-bond donors (Lipinski definition) is 3. The average Bonchev–Trinajstić information content (AvgIpc) is 3.08. The van der Waals surface area contributed by atoms with E-state index in [1.54, 1.807) is 4.90 Å². The zero-order valence-corrected chi connectivity index (χ0v) is 14.1. The molecule has 0 radical (unpaired) electrons. The molecule has 0 saturated carbocycles. The summed E-state index contributed by atoms with van der Waals surface area (Å²) in [6.45, 7) is 6.95. The van der Waals surface area contributed by atoms with Crippen molar-refractivity contribution in [3.8, 4) is 11.3 Å². The summed E-state index contributed by atoms with van der Waals surface area (Å²) in [6.07, 6.45) is 0. The smallest absolute Gasteiger partial charge is 0.318 e. The first kappa shape index (κ1) is 16.0. The Hall–Kier alpha value is -2.83. The van der Waals surface area contributed by atoms with E-state index >= 15 is 0 Å². The molecule has 1 aromatic carbocycles. The highest BCUT2D eigenvalue weighted by atomic mass is 16.2. The SMILES string of the molecule is CCNC(=O)N1Cc2n[nH]c(-c3c(C)cccc3NC(C)=O)c2C1. The number of fused-ring (bicyclic) bond motifs is 1. The van der Waals surface area contributed by atoms with Crippen molar-refractivity contribution in [2.45, 2.75) is 33.9 Å². The Labute approximate surface area is 140 Å². The fourth-order valence-corrected chi connectivity index (χ4v) is 3.04. The Bertz CT molecular complexity index is 796. The number of amides is 3. The van der Waals surface area contributed by atoms with Crippen molar-refractivity contribution in [1.82, 2.24) is 20.4 Å². The summed E-state index contributed by atoms with van der Waals surface area (Å²) in [5.41, 5.74) is 5.42. The van der Waals surface area contributed by atoms with Gasteiger partial charge in [-0.05, 0) is 25.5 Å². The van der Waals surface area contributed by atoms with Crippen LogP contribution in [0.1, 0.15) is 30.7 Å². The van der Waals surface area contributed by atoms with Crippen LogP contribution in [0.2, 0.25) is 0 Å². The van der Waals surface area contributed by atoms with Gasteiger partial charge in [0.2, 0.25) is 5.91 Å². The number of carbonyl (C=O) groups excluding carboxylic acids is 2. The number of nitrogens with one attached hydrogen (secondary N) is 3. The van der Waals surface area contributed by atoms with Crippen molar-refractivity contribution >= 4 is 17.6 Å². The van der Waals surface area contributed by atoms with Gasteiger partial charge in [-0.2, -0.15) is 5.10 Å². The number of anilines is 1. The molecule has 7 nitrogen and oxygen atoms in total. The van der Waals surface area contributed by atoms with Gasteiger partial charge in [0.05, 0.1) is 30.2 Å². The summed E-state index contributed by atoms with van der Waals surface area (Å²) < 4.78 is 0. The highest BCUT2D eigenvalue weighted by molar-refractivity contribution is 5.95. The zero-order chi connectivity index (χ0) is 17.3. The number of benzene rings is 1. The average molecular weight is 327 g/mol. The van der Waals surface area contributed by atoms with Gasteiger partial charge in [-0.15, -0.1) is 0 Å². The molecule has 2 heterocycles. The van der Waals surface area contributed by atoms with Crippen LogP contribution in [0.4, 0.5) is 10.5 Å². The molecule has 0 unspecified atom stereocenters. The van der Waals surface area contributed by atoms with E-state index in [0.29, 0.717) is 19.6 Å². The van der Waals surface area contributed by atoms with Gasteiger partial charge in [0.15, 0.2) is 0 Å². The van der Waals surface area contributed by atoms with Gasteiger partial charge in [-0.1, -0.05) is 12.1 Å². The minimum Gasteiger partial charge on any atom is -0.338 e. The Morgan fingerprint density at radius 1 is 1.33 bits per heavy atom. The number of nitrogens with zero attached hydrogens (tertiary/aromatic N) is 2. The van der Waals surface area contributed by atoms with E-state index in [4.69, 9.17) is 0 Å². The van der Waals surface area contributed by atoms with Crippen LogP contribution < -0.4 is 10.6 Å². The number of aromatic amines is 1. The van der Waals surface area contributed by atoms with Crippen LogP contribution in [0, 0.1) is 6.92 Å². The molecular weight excluding hydrogens is 306 g/mol. The van der Waals surface area contributed by atoms with Gasteiger partial charge in [0, 0.05) is 24.6 Å². The number of aryl methyl sites for hydroxylation is 1. The predicted octanol–water partition coefficient (Wildman–Crippen LogP) is 2.39. The standard InChI is InChI=1S/C17H21N5O2/c1-4-18-17(24)22-8-12-14(9-22)20-21-16(12)15-10(2)6-5-7-13(15)19-11(3)23/h5-7H,4,8-9H2,1-3H3,(H,18,24)(H,19,23)(H,20,21). The van der Waals surface area contributed by atoms with Crippen LogP contribution in [0.15, 0.2) is 18.2 Å². The Balaban J connectivity index is 1.98. The largest absolute Gasteiger partial charge is 0.338 e. The van der Waals surface area contributed by atoms with Crippen LogP contribution in [-0.4, -0.2) is 33.6 Å². The van der Waals surface area contributed by atoms with E-state index < -0.39 is 0 Å². The fourth-order valence-electron chi connectivity index (χ4n) is 3.04. The Morgan fingerprint density at radius 3 is 2.83 bits per heavy atom. The molecule has 0 atom stereocenters. The van der Waals surface area contributed by atoms with E-state index in [2.05, 4.69) is 20.8 Å². The van der Waals surface area contributed by atoms with Crippen molar-refractivity contribution < 1.29 is 9.59 Å². The fraction of sp³-hybridized carbons (Fsp3) is 0.353. The van der Waals surface area contributed by atoms with Gasteiger partial charge in [0.25, 0.3) is 0 Å². The maximum Gasteiger partial charge on any atom is 0.318 e. The van der Waals surface area contributed by atoms with Crippen LogP contribution in [0.25, 0.3) is 11.3 Å². The van der Waals surface area contributed by atoms with Gasteiger partial charge in [-0.25, -0.2) is 4.79 Å². The maximum atomic E-state index is 12.1. The molecule has 3 N–H and O–H groups in total. The summed E-state index contributed by atoms with van der Waals surface area (Å²) in [7, 11) is 0. The lowest BCUT2D eigenvalue weighted by molar-refractivity contribution is -0.114. The summed E-state index contributed by atoms with van der Waals surface area (Å²) >= 11 is 0. The molecule has 1 aliphatic heterocycles. The van der Waals surface area contributed by atoms with Crippen molar-refractivity contribution in [3.63, 3.8) is 0 Å². The summed E-state index contributed by atoms with van der Waals surface area (Å²) in [5, 5.41) is 13.1. The van der Waals surface area contributed by atoms with Crippen molar-refractivity contribution in [1.29, 1.82) is 0 Å². The van der Waals surface area contributed by atoms with Crippen LogP contribution in [-0.2, 0) is 17.9 Å². The first-order valence-corrected chi connectivity index (χ1v) is 7.97. The molecular formula is C17H21N5O2. The topological polar surface area (TPSA) is 90.1 Å². The molecule has 1 aliphatic rings. The molecule has 0 spiro atoms. The summed E-state index contributed by atoms with van der Waals surface area (Å²) in [5.74, 6) is -0.123. The lowest BCUT2D eigenvalue weighted by Gasteiger charge is -2.17. The second-order valence-corrected chi connectivity index (χ2v) is 5.89. The zero-order valence-electron chi connectivity index (χ0n) is 14.1. The molecule has 0 aliphatic carbocycles.